The molecule has 1 aliphatic rings. The molecule has 3 rings (SSSR count). The van der Waals surface area contributed by atoms with Gasteiger partial charge in [0.2, 0.25) is 0 Å². The predicted octanol–water partition coefficient (Wildman–Crippen LogP) is 4.45. The number of phenolic OH excluding ortho intramolecular Hbond substituents is 1. The molecule has 0 saturated heterocycles. The van der Waals surface area contributed by atoms with E-state index >= 15 is 0 Å². The molecule has 1 fully saturated rings. The molecule has 162 valence electrons. The summed E-state index contributed by atoms with van der Waals surface area (Å²) in [5.74, 6) is 0.495. The summed E-state index contributed by atoms with van der Waals surface area (Å²) < 4.78 is 15.7. The van der Waals surface area contributed by atoms with Crippen LogP contribution in [-0.2, 0) is 9.59 Å². The Balaban J connectivity index is 1.77. The standard InChI is InChI=1S/C25H26O6/c1-29-22-12-9-17(15-24(22)31-3)13-18-5-4-6-19(25(18)28)20(26)10-7-16-8-11-21(27)23(14-16)30-2/h7-15,19,27H,4-6H2,1-3H3/b10-7+,18-13+. The van der Waals surface area contributed by atoms with E-state index in [1.807, 2.05) is 18.2 Å². The van der Waals surface area contributed by atoms with Crippen molar-refractivity contribution in [3.8, 4) is 23.0 Å². The molecule has 0 spiro atoms. The van der Waals surface area contributed by atoms with E-state index in [0.29, 0.717) is 41.2 Å². The lowest BCUT2D eigenvalue weighted by atomic mass is 9.81. The van der Waals surface area contributed by atoms with Crippen LogP contribution in [0.3, 0.4) is 0 Å². The first-order chi connectivity index (χ1) is 15.0. The predicted molar refractivity (Wildman–Crippen MR) is 119 cm³/mol. The first-order valence-electron chi connectivity index (χ1n) is 10.0. The maximum Gasteiger partial charge on any atom is 0.169 e. The molecule has 2 aromatic rings. The van der Waals surface area contributed by atoms with Gasteiger partial charge in [0.05, 0.1) is 27.2 Å². The van der Waals surface area contributed by atoms with Gasteiger partial charge in [0.15, 0.2) is 34.6 Å². The van der Waals surface area contributed by atoms with E-state index in [0.717, 1.165) is 12.0 Å². The average molecular weight is 422 g/mol. The first-order valence-corrected chi connectivity index (χ1v) is 10.0. The zero-order chi connectivity index (χ0) is 22.4. The van der Waals surface area contributed by atoms with Crippen LogP contribution in [0.1, 0.15) is 30.4 Å². The molecule has 1 saturated carbocycles. The third-order valence-corrected chi connectivity index (χ3v) is 5.31. The van der Waals surface area contributed by atoms with Crippen molar-refractivity contribution in [3.05, 3.63) is 59.2 Å². The van der Waals surface area contributed by atoms with E-state index in [1.54, 1.807) is 38.5 Å². The zero-order valence-electron chi connectivity index (χ0n) is 17.9. The SMILES string of the molecule is COc1cc(/C=C/C(=O)C2CCC/C(=C\c3ccc(OC)c(OC)c3)C2=O)ccc1O. The lowest BCUT2D eigenvalue weighted by molar-refractivity contribution is -0.129. The Bertz CT molecular complexity index is 1030. The van der Waals surface area contributed by atoms with Gasteiger partial charge in [0.25, 0.3) is 0 Å². The second-order valence-electron chi connectivity index (χ2n) is 7.26. The van der Waals surface area contributed by atoms with Gasteiger partial charge in [-0.2, -0.15) is 0 Å². The van der Waals surface area contributed by atoms with Crippen LogP contribution >= 0.6 is 0 Å². The first kappa shape index (κ1) is 22.2. The number of carbonyl (C=O) groups is 2. The number of benzene rings is 2. The number of hydrogen-bond acceptors (Lipinski definition) is 6. The molecule has 2 aromatic carbocycles. The quantitative estimate of drug-likeness (QED) is 0.524. The van der Waals surface area contributed by atoms with Crippen molar-refractivity contribution in [2.45, 2.75) is 19.3 Å². The van der Waals surface area contributed by atoms with E-state index in [1.165, 1.54) is 19.3 Å². The number of ketones is 2. The minimum Gasteiger partial charge on any atom is -0.504 e. The third-order valence-electron chi connectivity index (χ3n) is 5.31. The Hall–Kier alpha value is -3.54. The van der Waals surface area contributed by atoms with Crippen LogP contribution in [0.4, 0.5) is 0 Å². The summed E-state index contributed by atoms with van der Waals surface area (Å²) in [4.78, 5) is 25.7. The fourth-order valence-corrected chi connectivity index (χ4v) is 3.63. The maximum atomic E-state index is 13.0. The highest BCUT2D eigenvalue weighted by Crippen LogP contribution is 2.32. The highest BCUT2D eigenvalue weighted by atomic mass is 16.5. The van der Waals surface area contributed by atoms with Gasteiger partial charge in [0, 0.05) is 0 Å². The topological polar surface area (TPSA) is 82.1 Å². The van der Waals surface area contributed by atoms with E-state index in [4.69, 9.17) is 14.2 Å². The van der Waals surface area contributed by atoms with Gasteiger partial charge in [-0.25, -0.2) is 0 Å². The van der Waals surface area contributed by atoms with Crippen LogP contribution in [0.15, 0.2) is 48.0 Å². The molecule has 1 N–H and O–H groups in total. The maximum absolute atomic E-state index is 13.0. The number of allylic oxidation sites excluding steroid dienone is 2. The lowest BCUT2D eigenvalue weighted by Gasteiger charge is -2.21. The largest absolute Gasteiger partial charge is 0.504 e. The fraction of sp³-hybridized carbons (Fsp3) is 0.280. The monoisotopic (exact) mass is 422 g/mol. The summed E-state index contributed by atoms with van der Waals surface area (Å²) in [5.41, 5.74) is 2.16. The Labute approximate surface area is 181 Å². The van der Waals surface area contributed by atoms with Crippen LogP contribution in [0.2, 0.25) is 0 Å². The number of aromatic hydroxyl groups is 1. The summed E-state index contributed by atoms with van der Waals surface area (Å²) in [6.07, 6.45) is 6.80. The van der Waals surface area contributed by atoms with Gasteiger partial charge >= 0.3 is 0 Å². The summed E-state index contributed by atoms with van der Waals surface area (Å²) >= 11 is 0. The fourth-order valence-electron chi connectivity index (χ4n) is 3.63. The van der Waals surface area contributed by atoms with Crippen LogP contribution in [-0.4, -0.2) is 38.0 Å². The molecule has 0 bridgehead atoms. The zero-order valence-corrected chi connectivity index (χ0v) is 17.9. The number of rotatable bonds is 7. The number of carbonyl (C=O) groups excluding carboxylic acids is 2. The highest BCUT2D eigenvalue weighted by molar-refractivity contribution is 6.16. The number of phenols is 1. The lowest BCUT2D eigenvalue weighted by Crippen LogP contribution is -2.27. The molecule has 1 unspecified atom stereocenters. The number of hydrogen-bond donors (Lipinski definition) is 1. The highest BCUT2D eigenvalue weighted by Gasteiger charge is 2.30. The molecule has 0 radical (unpaired) electrons. The molecule has 0 aromatic heterocycles. The minimum atomic E-state index is -0.685. The molecule has 0 heterocycles. The van der Waals surface area contributed by atoms with Crippen LogP contribution < -0.4 is 14.2 Å². The molecular weight excluding hydrogens is 396 g/mol. The molecular formula is C25H26O6. The Kier molecular flexibility index (Phi) is 7.13. The van der Waals surface area contributed by atoms with Crippen LogP contribution in [0, 0.1) is 5.92 Å². The minimum absolute atomic E-state index is 0.0263. The second-order valence-corrected chi connectivity index (χ2v) is 7.26. The van der Waals surface area contributed by atoms with Gasteiger partial charge < -0.3 is 19.3 Å². The van der Waals surface area contributed by atoms with Crippen molar-refractivity contribution >= 4 is 23.7 Å². The van der Waals surface area contributed by atoms with Crippen molar-refractivity contribution in [1.82, 2.24) is 0 Å². The van der Waals surface area contributed by atoms with Crippen molar-refractivity contribution in [3.63, 3.8) is 0 Å². The van der Waals surface area contributed by atoms with Crippen molar-refractivity contribution in [2.75, 3.05) is 21.3 Å². The smallest absolute Gasteiger partial charge is 0.169 e. The van der Waals surface area contributed by atoms with Gasteiger partial charge in [-0.05, 0) is 72.4 Å². The van der Waals surface area contributed by atoms with Gasteiger partial charge in [-0.1, -0.05) is 18.2 Å². The van der Waals surface area contributed by atoms with Crippen molar-refractivity contribution < 1.29 is 28.9 Å². The summed E-state index contributed by atoms with van der Waals surface area (Å²) in [6.45, 7) is 0. The molecule has 0 aliphatic heterocycles. The normalized spacial score (nSPS) is 17.7. The Morgan fingerprint density at radius 2 is 1.65 bits per heavy atom. The summed E-state index contributed by atoms with van der Waals surface area (Å²) in [6, 6.07) is 10.2. The Morgan fingerprint density at radius 1 is 0.968 bits per heavy atom. The molecule has 31 heavy (non-hydrogen) atoms. The van der Waals surface area contributed by atoms with E-state index in [9.17, 15) is 14.7 Å². The molecule has 6 nitrogen and oxygen atoms in total. The Morgan fingerprint density at radius 3 is 2.35 bits per heavy atom. The third kappa shape index (κ3) is 5.15. The van der Waals surface area contributed by atoms with Crippen molar-refractivity contribution in [2.24, 2.45) is 5.92 Å². The number of Topliss-reactive ketones (excluding diaryl/α,β-unsaturated/α-hetero) is 1. The summed E-state index contributed by atoms with van der Waals surface area (Å²) in [5, 5.41) is 9.68. The number of methoxy groups -OCH3 is 3. The van der Waals surface area contributed by atoms with Crippen LogP contribution in [0.5, 0.6) is 23.0 Å². The summed E-state index contributed by atoms with van der Waals surface area (Å²) in [7, 11) is 4.59. The van der Waals surface area contributed by atoms with Crippen molar-refractivity contribution in [1.29, 1.82) is 0 Å². The van der Waals surface area contributed by atoms with Gasteiger partial charge in [-0.3, -0.25) is 9.59 Å². The average Bonchev–Trinajstić information content (AvgIpc) is 2.79. The van der Waals surface area contributed by atoms with Gasteiger partial charge in [0.1, 0.15) is 0 Å². The van der Waals surface area contributed by atoms with E-state index in [-0.39, 0.29) is 17.3 Å². The number of ether oxygens (including phenoxy) is 3. The second kappa shape index (κ2) is 9.98. The van der Waals surface area contributed by atoms with E-state index < -0.39 is 5.92 Å². The van der Waals surface area contributed by atoms with Gasteiger partial charge in [-0.15, -0.1) is 0 Å². The van der Waals surface area contributed by atoms with E-state index in [2.05, 4.69) is 0 Å². The molecule has 1 atom stereocenters. The molecule has 1 aliphatic carbocycles. The van der Waals surface area contributed by atoms with Crippen LogP contribution in [0.25, 0.3) is 12.2 Å². The molecule has 6 heteroatoms. The molecule has 0 amide bonds.